The van der Waals surface area contributed by atoms with Crippen LogP contribution in [-0.2, 0) is 9.53 Å². The number of thiazole rings is 1. The van der Waals surface area contributed by atoms with Gasteiger partial charge in [-0.05, 0) is 55.3 Å². The number of phenols is 1. The summed E-state index contributed by atoms with van der Waals surface area (Å²) in [5.74, 6) is 0.644. The van der Waals surface area contributed by atoms with Crippen LogP contribution in [0.25, 0.3) is 6.08 Å². The molecule has 0 spiro atoms. The first-order valence-electron chi connectivity index (χ1n) is 12.5. The zero-order valence-electron chi connectivity index (χ0n) is 22.5. The highest BCUT2D eigenvalue weighted by Gasteiger charge is 2.34. The zero-order valence-corrected chi connectivity index (χ0v) is 23.3. The lowest BCUT2D eigenvalue weighted by Crippen LogP contribution is -2.40. The molecule has 0 amide bonds. The predicted octanol–water partition coefficient (Wildman–Crippen LogP) is 3.64. The SMILES string of the molecule is C=CCOC(=O)C1=C(C)N=c2sc(=Cc3ccc(O)c(OCC)c3)c(=O)n2C1c1ccc(OCC=C)c(OC)c1. The molecule has 1 unspecified atom stereocenters. The lowest BCUT2D eigenvalue weighted by atomic mass is 9.95. The number of esters is 1. The molecule has 0 aliphatic carbocycles. The van der Waals surface area contributed by atoms with E-state index in [1.807, 2.05) is 6.92 Å². The quantitative estimate of drug-likeness (QED) is 0.281. The van der Waals surface area contributed by atoms with Gasteiger partial charge in [-0.3, -0.25) is 9.36 Å². The van der Waals surface area contributed by atoms with Crippen molar-refractivity contribution in [1.82, 2.24) is 4.57 Å². The standard InChI is InChI=1S/C30H30N2O7S/c1-6-13-38-22-12-10-20(17-24(22)36-5)27-26(29(35)39-14-7-2)18(4)31-30-32(27)28(34)25(40-30)16-19-9-11-21(33)23(15-19)37-8-3/h6-7,9-12,15-17,27,33H,1-2,8,13-14H2,3-5H3. The van der Waals surface area contributed by atoms with Crippen LogP contribution in [0.2, 0.25) is 0 Å². The van der Waals surface area contributed by atoms with Crippen molar-refractivity contribution < 1.29 is 28.8 Å². The number of hydrogen-bond acceptors (Lipinski definition) is 9. The highest BCUT2D eigenvalue weighted by molar-refractivity contribution is 7.07. The van der Waals surface area contributed by atoms with Crippen LogP contribution in [0, 0.1) is 0 Å². The minimum absolute atomic E-state index is 0.00736. The van der Waals surface area contributed by atoms with Crippen LogP contribution in [0.5, 0.6) is 23.0 Å². The Morgan fingerprint density at radius 2 is 1.88 bits per heavy atom. The Balaban J connectivity index is 1.91. The van der Waals surface area contributed by atoms with Crippen molar-refractivity contribution in [3.63, 3.8) is 0 Å². The molecule has 0 bridgehead atoms. The van der Waals surface area contributed by atoms with Crippen molar-refractivity contribution in [1.29, 1.82) is 0 Å². The molecular weight excluding hydrogens is 532 g/mol. The summed E-state index contributed by atoms with van der Waals surface area (Å²) in [5.41, 5.74) is 1.59. The molecule has 9 nitrogen and oxygen atoms in total. The van der Waals surface area contributed by atoms with Crippen LogP contribution in [0.4, 0.5) is 0 Å². The number of ether oxygens (including phenoxy) is 4. The van der Waals surface area contributed by atoms with Gasteiger partial charge in [-0.2, -0.15) is 0 Å². The van der Waals surface area contributed by atoms with Crippen molar-refractivity contribution in [3.05, 3.63) is 104 Å². The number of methoxy groups -OCH3 is 1. The van der Waals surface area contributed by atoms with E-state index in [1.54, 1.807) is 49.4 Å². The maximum atomic E-state index is 13.9. The average molecular weight is 563 g/mol. The van der Waals surface area contributed by atoms with Crippen molar-refractivity contribution in [2.75, 3.05) is 26.9 Å². The van der Waals surface area contributed by atoms with E-state index in [4.69, 9.17) is 18.9 Å². The van der Waals surface area contributed by atoms with E-state index < -0.39 is 12.0 Å². The van der Waals surface area contributed by atoms with Crippen molar-refractivity contribution in [3.8, 4) is 23.0 Å². The van der Waals surface area contributed by atoms with Crippen LogP contribution in [0.1, 0.15) is 31.0 Å². The van der Waals surface area contributed by atoms with Crippen molar-refractivity contribution in [2.45, 2.75) is 19.9 Å². The van der Waals surface area contributed by atoms with E-state index in [0.29, 0.717) is 50.0 Å². The van der Waals surface area contributed by atoms with Gasteiger partial charge in [0.1, 0.15) is 13.2 Å². The Bertz CT molecular complexity index is 1670. The third-order valence-corrected chi connectivity index (χ3v) is 7.00. The maximum Gasteiger partial charge on any atom is 0.338 e. The number of phenolic OH excluding ortho intramolecular Hbond substituents is 1. The summed E-state index contributed by atoms with van der Waals surface area (Å²) in [6, 6.07) is 9.24. The first-order valence-corrected chi connectivity index (χ1v) is 13.3. The molecule has 10 heteroatoms. The van der Waals surface area contributed by atoms with Crippen LogP contribution >= 0.6 is 11.3 Å². The van der Waals surface area contributed by atoms with Crippen molar-refractivity contribution >= 4 is 23.4 Å². The minimum Gasteiger partial charge on any atom is -0.504 e. The molecule has 0 saturated heterocycles. The maximum absolute atomic E-state index is 13.9. The van der Waals surface area contributed by atoms with Gasteiger partial charge in [0, 0.05) is 0 Å². The van der Waals surface area contributed by atoms with Gasteiger partial charge in [0.05, 0.1) is 35.6 Å². The van der Waals surface area contributed by atoms with E-state index in [9.17, 15) is 14.7 Å². The number of fused-ring (bicyclic) bond motifs is 1. The van der Waals surface area contributed by atoms with Gasteiger partial charge in [-0.1, -0.05) is 48.8 Å². The number of rotatable bonds is 11. The smallest absolute Gasteiger partial charge is 0.338 e. The molecule has 0 fully saturated rings. The second-order valence-electron chi connectivity index (χ2n) is 8.64. The molecule has 3 aromatic rings. The molecule has 208 valence electrons. The first-order chi connectivity index (χ1) is 19.3. The Labute approximate surface area is 235 Å². The molecule has 1 aromatic heterocycles. The monoisotopic (exact) mass is 562 g/mol. The van der Waals surface area contributed by atoms with Crippen LogP contribution in [0.15, 0.2) is 82.8 Å². The molecular formula is C30H30N2O7S. The Hall–Kier alpha value is -4.57. The molecule has 1 atom stereocenters. The molecule has 1 aliphatic heterocycles. The largest absolute Gasteiger partial charge is 0.504 e. The number of aromatic hydroxyl groups is 1. The second kappa shape index (κ2) is 12.5. The topological polar surface area (TPSA) is 109 Å². The van der Waals surface area contributed by atoms with Gasteiger partial charge in [0.2, 0.25) is 0 Å². The lowest BCUT2D eigenvalue weighted by Gasteiger charge is -2.25. The van der Waals surface area contributed by atoms with Gasteiger partial charge in [0.15, 0.2) is 27.8 Å². The summed E-state index contributed by atoms with van der Waals surface area (Å²) in [4.78, 5) is 32.2. The summed E-state index contributed by atoms with van der Waals surface area (Å²) in [5, 5.41) is 10.1. The van der Waals surface area contributed by atoms with Crippen molar-refractivity contribution in [2.24, 2.45) is 4.99 Å². The predicted molar refractivity (Wildman–Crippen MR) is 153 cm³/mol. The second-order valence-corrected chi connectivity index (χ2v) is 9.65. The van der Waals surface area contributed by atoms with E-state index >= 15 is 0 Å². The van der Waals surface area contributed by atoms with E-state index in [0.717, 1.165) is 0 Å². The number of benzene rings is 2. The van der Waals surface area contributed by atoms with Crippen LogP contribution in [-0.4, -0.2) is 42.6 Å². The normalized spacial score (nSPS) is 14.7. The number of hydrogen-bond donors (Lipinski definition) is 1. The molecule has 4 rings (SSSR count). The minimum atomic E-state index is -0.836. The summed E-state index contributed by atoms with van der Waals surface area (Å²) in [6.45, 7) is 11.5. The molecule has 1 aliphatic rings. The Morgan fingerprint density at radius 1 is 1.10 bits per heavy atom. The molecule has 0 radical (unpaired) electrons. The Morgan fingerprint density at radius 3 is 2.58 bits per heavy atom. The number of nitrogens with zero attached hydrogens (tertiary/aromatic N) is 2. The molecule has 0 saturated carbocycles. The van der Waals surface area contributed by atoms with Gasteiger partial charge in [-0.15, -0.1) is 0 Å². The number of allylic oxidation sites excluding steroid dienone is 1. The van der Waals surface area contributed by atoms with Gasteiger partial charge in [-0.25, -0.2) is 9.79 Å². The highest BCUT2D eigenvalue weighted by atomic mass is 32.1. The highest BCUT2D eigenvalue weighted by Crippen LogP contribution is 2.36. The molecule has 2 heterocycles. The van der Waals surface area contributed by atoms with Crippen LogP contribution in [0.3, 0.4) is 0 Å². The molecule has 1 N–H and O–H groups in total. The van der Waals surface area contributed by atoms with Crippen LogP contribution < -0.4 is 29.1 Å². The number of carbonyl (C=O) groups is 1. The summed E-state index contributed by atoms with van der Waals surface area (Å²) >= 11 is 1.19. The third kappa shape index (κ3) is 5.72. The average Bonchev–Trinajstić information content (AvgIpc) is 3.25. The fourth-order valence-electron chi connectivity index (χ4n) is 4.28. The van der Waals surface area contributed by atoms with E-state index in [2.05, 4.69) is 18.2 Å². The summed E-state index contributed by atoms with van der Waals surface area (Å²) in [6.07, 6.45) is 4.79. The summed E-state index contributed by atoms with van der Waals surface area (Å²) in [7, 11) is 1.51. The fraction of sp³-hybridized carbons (Fsp3) is 0.233. The number of carbonyl (C=O) groups excluding carboxylic acids is 1. The fourth-order valence-corrected chi connectivity index (χ4v) is 5.32. The van der Waals surface area contributed by atoms with Gasteiger partial charge < -0.3 is 24.1 Å². The Kier molecular flexibility index (Phi) is 8.90. The summed E-state index contributed by atoms with van der Waals surface area (Å²) < 4.78 is 24.0. The van der Waals surface area contributed by atoms with Gasteiger partial charge >= 0.3 is 5.97 Å². The first kappa shape index (κ1) is 28.4. The zero-order chi connectivity index (χ0) is 28.8. The lowest BCUT2D eigenvalue weighted by molar-refractivity contribution is -0.138. The van der Waals surface area contributed by atoms with E-state index in [1.165, 1.54) is 35.2 Å². The third-order valence-electron chi connectivity index (χ3n) is 6.02. The van der Waals surface area contributed by atoms with E-state index in [-0.39, 0.29) is 30.1 Å². The van der Waals surface area contributed by atoms with Gasteiger partial charge in [0.25, 0.3) is 5.56 Å². The number of aromatic nitrogens is 1. The molecule has 2 aromatic carbocycles. The molecule has 40 heavy (non-hydrogen) atoms.